The highest BCUT2D eigenvalue weighted by atomic mass is 15.1. The lowest BCUT2D eigenvalue weighted by Gasteiger charge is -2.07. The number of imidazole rings is 1. The zero-order valence-electron chi connectivity index (χ0n) is 10.3. The van der Waals surface area contributed by atoms with Gasteiger partial charge in [0.1, 0.15) is 0 Å². The van der Waals surface area contributed by atoms with Crippen molar-refractivity contribution in [3.8, 4) is 0 Å². The van der Waals surface area contributed by atoms with E-state index in [0.717, 1.165) is 18.0 Å². The first-order chi connectivity index (χ1) is 8.25. The topological polar surface area (TPSA) is 43.8 Å². The Morgan fingerprint density at radius 1 is 1.41 bits per heavy atom. The second-order valence-electron chi connectivity index (χ2n) is 5.15. The number of aromatic nitrogens is 2. The minimum absolute atomic E-state index is 0.657. The summed E-state index contributed by atoms with van der Waals surface area (Å²) < 4.78 is 2.17. The predicted molar refractivity (Wildman–Crippen MR) is 70.8 cm³/mol. The Labute approximate surface area is 102 Å². The van der Waals surface area contributed by atoms with Crippen LogP contribution in [-0.2, 0) is 6.54 Å². The molecule has 0 spiro atoms. The molecule has 0 bridgehead atoms. The lowest BCUT2D eigenvalue weighted by atomic mass is 10.2. The second-order valence-corrected chi connectivity index (χ2v) is 5.15. The molecule has 0 aliphatic heterocycles. The third-order valence-corrected chi connectivity index (χ3v) is 3.69. The van der Waals surface area contributed by atoms with E-state index in [1.54, 1.807) is 0 Å². The molecule has 3 heteroatoms. The van der Waals surface area contributed by atoms with Gasteiger partial charge in [-0.15, -0.1) is 0 Å². The van der Waals surface area contributed by atoms with Crippen LogP contribution in [0.4, 0.5) is 5.95 Å². The molecule has 0 amide bonds. The van der Waals surface area contributed by atoms with E-state index in [1.165, 1.54) is 36.8 Å². The fourth-order valence-corrected chi connectivity index (χ4v) is 2.55. The van der Waals surface area contributed by atoms with Crippen molar-refractivity contribution >= 4 is 17.0 Å². The van der Waals surface area contributed by atoms with Gasteiger partial charge in [0.25, 0.3) is 0 Å². The van der Waals surface area contributed by atoms with Crippen molar-refractivity contribution in [2.75, 3.05) is 5.73 Å². The van der Waals surface area contributed by atoms with Gasteiger partial charge < -0.3 is 10.3 Å². The third kappa shape index (κ3) is 2.02. The van der Waals surface area contributed by atoms with Crippen LogP contribution in [0.3, 0.4) is 0 Å². The number of benzene rings is 1. The van der Waals surface area contributed by atoms with Crippen molar-refractivity contribution < 1.29 is 0 Å². The third-order valence-electron chi connectivity index (χ3n) is 3.69. The van der Waals surface area contributed by atoms with Crippen LogP contribution in [-0.4, -0.2) is 9.55 Å². The highest BCUT2D eigenvalue weighted by molar-refractivity contribution is 5.81. The number of aryl methyl sites for hydroxylation is 2. The predicted octanol–water partition coefficient (Wildman–Crippen LogP) is 3.12. The van der Waals surface area contributed by atoms with Crippen LogP contribution in [0.2, 0.25) is 0 Å². The molecule has 3 nitrogen and oxygen atoms in total. The van der Waals surface area contributed by atoms with Crippen molar-refractivity contribution in [2.45, 2.75) is 39.2 Å². The summed E-state index contributed by atoms with van der Waals surface area (Å²) in [5.41, 5.74) is 9.50. The van der Waals surface area contributed by atoms with E-state index in [1.807, 2.05) is 12.1 Å². The number of hydrogen-bond donors (Lipinski definition) is 1. The first-order valence-corrected chi connectivity index (χ1v) is 6.47. The van der Waals surface area contributed by atoms with E-state index < -0.39 is 0 Å². The molecule has 2 N–H and O–H groups in total. The van der Waals surface area contributed by atoms with E-state index >= 15 is 0 Å². The molecular weight excluding hydrogens is 210 g/mol. The van der Waals surface area contributed by atoms with E-state index in [0.29, 0.717) is 5.95 Å². The highest BCUT2D eigenvalue weighted by Gasteiger charge is 2.20. The lowest BCUT2D eigenvalue weighted by Crippen LogP contribution is -2.04. The maximum absolute atomic E-state index is 6.01. The minimum atomic E-state index is 0.657. The molecule has 1 aromatic carbocycles. The Balaban J connectivity index is 1.87. The highest BCUT2D eigenvalue weighted by Crippen LogP contribution is 2.34. The number of anilines is 1. The molecule has 1 aliphatic carbocycles. The molecule has 1 aromatic heterocycles. The van der Waals surface area contributed by atoms with Gasteiger partial charge in [0.15, 0.2) is 0 Å². The van der Waals surface area contributed by atoms with Crippen LogP contribution in [0.25, 0.3) is 11.0 Å². The number of hydrogen-bond acceptors (Lipinski definition) is 2. The zero-order valence-corrected chi connectivity index (χ0v) is 10.3. The maximum Gasteiger partial charge on any atom is 0.201 e. The molecule has 0 radical (unpaired) electrons. The quantitative estimate of drug-likeness (QED) is 0.875. The van der Waals surface area contributed by atoms with Gasteiger partial charge >= 0.3 is 0 Å². The Morgan fingerprint density at radius 2 is 2.24 bits per heavy atom. The number of para-hydroxylation sites is 1. The van der Waals surface area contributed by atoms with Crippen LogP contribution in [0.1, 0.15) is 31.2 Å². The van der Waals surface area contributed by atoms with Gasteiger partial charge in [-0.3, -0.25) is 0 Å². The number of fused-ring (bicyclic) bond motifs is 1. The largest absolute Gasteiger partial charge is 0.369 e. The molecule has 90 valence electrons. The summed E-state index contributed by atoms with van der Waals surface area (Å²) in [5.74, 6) is 1.65. The van der Waals surface area contributed by atoms with Gasteiger partial charge in [0, 0.05) is 6.54 Å². The molecule has 17 heavy (non-hydrogen) atoms. The Kier molecular flexibility index (Phi) is 2.54. The molecule has 1 fully saturated rings. The Bertz CT molecular complexity index is 538. The van der Waals surface area contributed by atoms with Crippen molar-refractivity contribution in [1.82, 2.24) is 9.55 Å². The molecular formula is C14H19N3. The van der Waals surface area contributed by atoms with Gasteiger partial charge in [0.05, 0.1) is 11.0 Å². The van der Waals surface area contributed by atoms with Crippen molar-refractivity contribution in [3.63, 3.8) is 0 Å². The summed E-state index contributed by atoms with van der Waals surface area (Å²) in [5, 5.41) is 0. The molecule has 2 aromatic rings. The molecule has 0 atom stereocenters. The molecule has 0 unspecified atom stereocenters. The summed E-state index contributed by atoms with van der Waals surface area (Å²) in [6.07, 6.45) is 5.41. The Hall–Kier alpha value is -1.51. The van der Waals surface area contributed by atoms with E-state index in [-0.39, 0.29) is 0 Å². The lowest BCUT2D eigenvalue weighted by molar-refractivity contribution is 0.590. The first kappa shape index (κ1) is 10.6. The van der Waals surface area contributed by atoms with Crippen molar-refractivity contribution in [1.29, 1.82) is 0 Å². The number of nitrogens with zero attached hydrogens (tertiary/aromatic N) is 2. The number of nitrogens with two attached hydrogens (primary N) is 1. The summed E-state index contributed by atoms with van der Waals surface area (Å²) in [6, 6.07) is 6.20. The van der Waals surface area contributed by atoms with E-state index in [4.69, 9.17) is 5.73 Å². The SMILES string of the molecule is Cc1cccc2nc(N)n(CCCC3CC3)c12. The molecule has 3 rings (SSSR count). The van der Waals surface area contributed by atoms with Crippen LogP contribution in [0.5, 0.6) is 0 Å². The molecule has 1 heterocycles. The maximum atomic E-state index is 6.01. The van der Waals surface area contributed by atoms with Gasteiger partial charge in [-0.25, -0.2) is 4.98 Å². The molecule has 1 aliphatic rings. The van der Waals surface area contributed by atoms with Gasteiger partial charge in [0.2, 0.25) is 5.95 Å². The van der Waals surface area contributed by atoms with E-state index in [9.17, 15) is 0 Å². The van der Waals surface area contributed by atoms with Crippen LogP contribution in [0, 0.1) is 12.8 Å². The van der Waals surface area contributed by atoms with Crippen molar-refractivity contribution in [3.05, 3.63) is 23.8 Å². The van der Waals surface area contributed by atoms with Crippen LogP contribution in [0.15, 0.2) is 18.2 Å². The summed E-state index contributed by atoms with van der Waals surface area (Å²) in [4.78, 5) is 4.43. The summed E-state index contributed by atoms with van der Waals surface area (Å²) in [6.45, 7) is 3.13. The normalized spacial score (nSPS) is 15.6. The zero-order chi connectivity index (χ0) is 11.8. The molecule has 1 saturated carbocycles. The van der Waals surface area contributed by atoms with Gasteiger partial charge in [-0.1, -0.05) is 25.0 Å². The van der Waals surface area contributed by atoms with Gasteiger partial charge in [-0.05, 0) is 37.3 Å². The average Bonchev–Trinajstić information content (AvgIpc) is 3.05. The monoisotopic (exact) mass is 229 g/mol. The Morgan fingerprint density at radius 3 is 3.00 bits per heavy atom. The average molecular weight is 229 g/mol. The number of nitrogen functional groups attached to an aromatic ring is 1. The van der Waals surface area contributed by atoms with Crippen molar-refractivity contribution in [2.24, 2.45) is 5.92 Å². The summed E-state index contributed by atoms with van der Waals surface area (Å²) >= 11 is 0. The second kappa shape index (κ2) is 4.06. The van der Waals surface area contributed by atoms with Gasteiger partial charge in [-0.2, -0.15) is 0 Å². The minimum Gasteiger partial charge on any atom is -0.369 e. The standard InChI is InChI=1S/C14H19N3/c1-10-4-2-6-12-13(10)17(14(15)16-12)9-3-5-11-7-8-11/h2,4,6,11H,3,5,7-9H2,1H3,(H2,15,16). The molecule has 0 saturated heterocycles. The van der Waals surface area contributed by atoms with Crippen LogP contribution >= 0.6 is 0 Å². The smallest absolute Gasteiger partial charge is 0.201 e. The van der Waals surface area contributed by atoms with E-state index in [2.05, 4.69) is 22.5 Å². The fraction of sp³-hybridized carbons (Fsp3) is 0.500. The first-order valence-electron chi connectivity index (χ1n) is 6.47. The fourth-order valence-electron chi connectivity index (χ4n) is 2.55. The summed E-state index contributed by atoms with van der Waals surface area (Å²) in [7, 11) is 0. The van der Waals surface area contributed by atoms with Crippen LogP contribution < -0.4 is 5.73 Å². The number of rotatable bonds is 4.